The summed E-state index contributed by atoms with van der Waals surface area (Å²) < 4.78 is 0. The molecular formula is C18H16ClN3O3. The van der Waals surface area contributed by atoms with Crippen LogP contribution < -0.4 is 16.0 Å². The van der Waals surface area contributed by atoms with Crippen molar-refractivity contribution in [1.29, 1.82) is 0 Å². The number of anilines is 1. The number of carbonyl (C=O) groups excluding carboxylic acids is 2. The summed E-state index contributed by atoms with van der Waals surface area (Å²) in [5, 5.41) is 18.0. The Morgan fingerprint density at radius 3 is 2.60 bits per heavy atom. The molecule has 0 spiro atoms. The number of nitrogens with one attached hydrogen (secondary N) is 3. The summed E-state index contributed by atoms with van der Waals surface area (Å²) in [7, 11) is 0. The number of carbonyl (C=O) groups is 2. The van der Waals surface area contributed by atoms with Gasteiger partial charge in [0, 0.05) is 16.4 Å². The zero-order chi connectivity index (χ0) is 18.0. The second-order valence-electron chi connectivity index (χ2n) is 5.67. The smallest absolute Gasteiger partial charge is 0.319 e. The fraction of sp³-hybridized carbons (Fsp3) is 0.111. The van der Waals surface area contributed by atoms with Crippen LogP contribution in [0.15, 0.2) is 60.8 Å². The number of benzene rings is 2. The highest BCUT2D eigenvalue weighted by atomic mass is 35.5. The van der Waals surface area contributed by atoms with Gasteiger partial charge in [-0.3, -0.25) is 4.79 Å². The predicted octanol–water partition coefficient (Wildman–Crippen LogP) is 3.17. The van der Waals surface area contributed by atoms with Gasteiger partial charge in [-0.1, -0.05) is 36.4 Å². The van der Waals surface area contributed by atoms with Gasteiger partial charge >= 0.3 is 6.03 Å². The van der Waals surface area contributed by atoms with E-state index in [0.29, 0.717) is 22.0 Å². The van der Waals surface area contributed by atoms with E-state index in [2.05, 4.69) is 22.5 Å². The first kappa shape index (κ1) is 16.9. The van der Waals surface area contributed by atoms with E-state index in [1.54, 1.807) is 36.4 Å². The first-order chi connectivity index (χ1) is 11.9. The van der Waals surface area contributed by atoms with Gasteiger partial charge < -0.3 is 21.1 Å². The van der Waals surface area contributed by atoms with Crippen molar-refractivity contribution in [2.24, 2.45) is 5.92 Å². The summed E-state index contributed by atoms with van der Waals surface area (Å²) in [6.07, 6.45) is 0. The van der Waals surface area contributed by atoms with Crippen LogP contribution in [-0.4, -0.2) is 17.0 Å². The lowest BCUT2D eigenvalue weighted by Gasteiger charge is -2.33. The van der Waals surface area contributed by atoms with Crippen molar-refractivity contribution < 1.29 is 14.7 Å². The van der Waals surface area contributed by atoms with Crippen LogP contribution in [0.25, 0.3) is 0 Å². The normalized spacial score (nSPS) is 19.7. The Labute approximate surface area is 149 Å². The summed E-state index contributed by atoms with van der Waals surface area (Å²) in [6, 6.07) is 12.0. The van der Waals surface area contributed by atoms with E-state index >= 15 is 0 Å². The SMILES string of the molecule is C=C1NC(=O)N[C@H](c2ccc(O)cc2)[C@@H]1C(=O)Nc1cccc(Cl)c1. The molecule has 4 N–H and O–H groups in total. The first-order valence-electron chi connectivity index (χ1n) is 7.56. The Hall–Kier alpha value is -2.99. The Morgan fingerprint density at radius 1 is 1.20 bits per heavy atom. The van der Waals surface area contributed by atoms with Gasteiger partial charge in [-0.05, 0) is 35.9 Å². The molecule has 0 unspecified atom stereocenters. The second-order valence-corrected chi connectivity index (χ2v) is 6.11. The van der Waals surface area contributed by atoms with Crippen LogP contribution in [0.1, 0.15) is 11.6 Å². The summed E-state index contributed by atoms with van der Waals surface area (Å²) >= 11 is 5.94. The predicted molar refractivity (Wildman–Crippen MR) is 95.2 cm³/mol. The molecule has 25 heavy (non-hydrogen) atoms. The maximum absolute atomic E-state index is 12.8. The zero-order valence-electron chi connectivity index (χ0n) is 13.1. The quantitative estimate of drug-likeness (QED) is 0.680. The van der Waals surface area contributed by atoms with Crippen LogP contribution in [0, 0.1) is 5.92 Å². The van der Waals surface area contributed by atoms with Gasteiger partial charge in [-0.15, -0.1) is 0 Å². The van der Waals surface area contributed by atoms with Gasteiger partial charge in [0.2, 0.25) is 5.91 Å². The fourth-order valence-corrected chi connectivity index (χ4v) is 2.93. The van der Waals surface area contributed by atoms with Gasteiger partial charge in [0.25, 0.3) is 0 Å². The largest absolute Gasteiger partial charge is 0.508 e. The third kappa shape index (κ3) is 3.75. The summed E-state index contributed by atoms with van der Waals surface area (Å²) in [4.78, 5) is 24.6. The van der Waals surface area contributed by atoms with Gasteiger partial charge in [0.05, 0.1) is 6.04 Å². The number of aromatic hydroxyl groups is 1. The lowest BCUT2D eigenvalue weighted by atomic mass is 9.88. The number of phenolic OH excluding ortho intramolecular Hbond substituents is 1. The number of rotatable bonds is 3. The molecule has 3 rings (SSSR count). The van der Waals surface area contributed by atoms with Gasteiger partial charge in [-0.25, -0.2) is 4.79 Å². The minimum Gasteiger partial charge on any atom is -0.508 e. The molecular weight excluding hydrogens is 342 g/mol. The number of amides is 3. The second kappa shape index (κ2) is 6.86. The number of hydrogen-bond donors (Lipinski definition) is 4. The molecule has 0 bridgehead atoms. The number of halogens is 1. The average Bonchev–Trinajstić information content (AvgIpc) is 2.54. The van der Waals surface area contributed by atoms with Crippen LogP contribution in [0.5, 0.6) is 5.75 Å². The highest BCUT2D eigenvalue weighted by molar-refractivity contribution is 6.30. The Balaban J connectivity index is 1.89. The summed E-state index contributed by atoms with van der Waals surface area (Å²) in [6.45, 7) is 3.81. The Kier molecular flexibility index (Phi) is 4.63. The summed E-state index contributed by atoms with van der Waals surface area (Å²) in [5.74, 6) is -0.971. The molecule has 1 saturated heterocycles. The lowest BCUT2D eigenvalue weighted by molar-refractivity contribution is -0.119. The van der Waals surface area contributed by atoms with Crippen molar-refractivity contribution in [2.75, 3.05) is 5.32 Å². The van der Waals surface area contributed by atoms with Gasteiger partial charge in [0.15, 0.2) is 0 Å². The highest BCUT2D eigenvalue weighted by Gasteiger charge is 2.37. The molecule has 128 valence electrons. The van der Waals surface area contributed by atoms with E-state index in [1.807, 2.05) is 0 Å². The minimum atomic E-state index is -0.735. The van der Waals surface area contributed by atoms with E-state index < -0.39 is 18.0 Å². The maximum atomic E-state index is 12.8. The van der Waals surface area contributed by atoms with Crippen molar-refractivity contribution >= 4 is 29.2 Å². The molecule has 1 heterocycles. The van der Waals surface area contributed by atoms with E-state index in [4.69, 9.17) is 11.6 Å². The molecule has 7 heteroatoms. The number of urea groups is 1. The first-order valence-corrected chi connectivity index (χ1v) is 7.93. The van der Waals surface area contributed by atoms with E-state index in [0.717, 1.165) is 0 Å². The van der Waals surface area contributed by atoms with Crippen molar-refractivity contribution in [3.63, 3.8) is 0 Å². The zero-order valence-corrected chi connectivity index (χ0v) is 13.9. The Morgan fingerprint density at radius 2 is 1.92 bits per heavy atom. The molecule has 2 aromatic rings. The van der Waals surface area contributed by atoms with E-state index in [9.17, 15) is 14.7 Å². The fourth-order valence-electron chi connectivity index (χ4n) is 2.74. The van der Waals surface area contributed by atoms with Crippen molar-refractivity contribution in [3.05, 3.63) is 71.4 Å². The number of hydrogen-bond acceptors (Lipinski definition) is 3. The molecule has 0 saturated carbocycles. The van der Waals surface area contributed by atoms with Gasteiger partial charge in [-0.2, -0.15) is 0 Å². The molecule has 1 aliphatic heterocycles. The molecule has 0 aromatic heterocycles. The minimum absolute atomic E-state index is 0.0998. The van der Waals surface area contributed by atoms with Crippen LogP contribution in [-0.2, 0) is 4.79 Å². The molecule has 3 amide bonds. The van der Waals surface area contributed by atoms with Crippen LogP contribution in [0.2, 0.25) is 5.02 Å². The van der Waals surface area contributed by atoms with E-state index in [1.165, 1.54) is 12.1 Å². The van der Waals surface area contributed by atoms with Crippen LogP contribution in [0.3, 0.4) is 0 Å². The molecule has 2 atom stereocenters. The molecule has 6 nitrogen and oxygen atoms in total. The standard InChI is InChI=1S/C18H16ClN3O3/c1-10-15(17(24)21-13-4-2-3-12(19)9-13)16(22-18(25)20-10)11-5-7-14(23)8-6-11/h2-9,15-16,23H,1H2,(H,21,24)(H2,20,22,25)/t15-,16-/m1/s1. The van der Waals surface area contributed by atoms with Crippen molar-refractivity contribution in [3.8, 4) is 5.75 Å². The van der Waals surface area contributed by atoms with Crippen molar-refractivity contribution in [1.82, 2.24) is 10.6 Å². The topological polar surface area (TPSA) is 90.5 Å². The van der Waals surface area contributed by atoms with Crippen LogP contribution >= 0.6 is 11.6 Å². The number of phenols is 1. The lowest BCUT2D eigenvalue weighted by Crippen LogP contribution is -2.51. The van der Waals surface area contributed by atoms with Crippen molar-refractivity contribution in [2.45, 2.75) is 6.04 Å². The van der Waals surface area contributed by atoms with Crippen LogP contribution in [0.4, 0.5) is 10.5 Å². The molecule has 2 aromatic carbocycles. The maximum Gasteiger partial charge on any atom is 0.319 e. The molecule has 0 aliphatic carbocycles. The average molecular weight is 358 g/mol. The molecule has 1 fully saturated rings. The molecule has 0 radical (unpaired) electrons. The summed E-state index contributed by atoms with van der Waals surface area (Å²) in [5.41, 5.74) is 1.52. The third-order valence-electron chi connectivity index (χ3n) is 3.90. The van der Waals surface area contributed by atoms with E-state index in [-0.39, 0.29) is 11.7 Å². The monoisotopic (exact) mass is 357 g/mol. The third-order valence-corrected chi connectivity index (χ3v) is 4.13. The Bertz CT molecular complexity index is 836. The highest BCUT2D eigenvalue weighted by Crippen LogP contribution is 2.31. The molecule has 1 aliphatic rings. The van der Waals surface area contributed by atoms with Gasteiger partial charge in [0.1, 0.15) is 11.7 Å².